The van der Waals surface area contributed by atoms with Crippen molar-refractivity contribution in [2.75, 3.05) is 19.8 Å². The number of aliphatic hydroxyl groups is 1. The van der Waals surface area contributed by atoms with E-state index in [1.54, 1.807) is 12.1 Å². The monoisotopic (exact) mass is 292 g/mol. The molecule has 0 fully saturated rings. The van der Waals surface area contributed by atoms with Gasteiger partial charge in [-0.2, -0.15) is 13.2 Å². The van der Waals surface area contributed by atoms with E-state index < -0.39 is 18.9 Å². The van der Waals surface area contributed by atoms with Gasteiger partial charge in [-0.15, -0.1) is 0 Å². The average Bonchev–Trinajstić information content (AvgIpc) is 2.35. The summed E-state index contributed by atoms with van der Waals surface area (Å²) in [5.74, 6) is 0.543. The zero-order chi connectivity index (χ0) is 15.2. The van der Waals surface area contributed by atoms with Gasteiger partial charge in [-0.05, 0) is 26.0 Å². The fourth-order valence-corrected chi connectivity index (χ4v) is 1.75. The maximum atomic E-state index is 11.9. The van der Waals surface area contributed by atoms with E-state index in [9.17, 15) is 18.3 Å². The number of hydrogen-bond donors (Lipinski definition) is 1. The summed E-state index contributed by atoms with van der Waals surface area (Å²) in [7, 11) is 0. The first-order valence-corrected chi connectivity index (χ1v) is 6.39. The van der Waals surface area contributed by atoms with Crippen molar-refractivity contribution >= 4 is 0 Å². The zero-order valence-electron chi connectivity index (χ0n) is 11.5. The molecule has 1 N–H and O–H groups in total. The third-order valence-electron chi connectivity index (χ3n) is 2.63. The molecule has 0 saturated carbocycles. The van der Waals surface area contributed by atoms with Crippen molar-refractivity contribution in [3.63, 3.8) is 0 Å². The SMILES string of the molecule is CCOc1ccc(C)cc1C(O)CCOCC(F)(F)F. The van der Waals surface area contributed by atoms with Crippen molar-refractivity contribution < 1.29 is 27.8 Å². The molecule has 20 heavy (non-hydrogen) atoms. The van der Waals surface area contributed by atoms with Gasteiger partial charge >= 0.3 is 6.18 Å². The van der Waals surface area contributed by atoms with Crippen LogP contribution >= 0.6 is 0 Å². The lowest BCUT2D eigenvalue weighted by Gasteiger charge is -2.17. The Morgan fingerprint density at radius 1 is 1.30 bits per heavy atom. The predicted molar refractivity (Wildman–Crippen MR) is 68.8 cm³/mol. The summed E-state index contributed by atoms with van der Waals surface area (Å²) < 4.78 is 45.6. The van der Waals surface area contributed by atoms with Crippen LogP contribution in [0, 0.1) is 6.92 Å². The Kier molecular flexibility index (Phi) is 6.29. The number of hydrogen-bond acceptors (Lipinski definition) is 3. The molecular formula is C14H19F3O3. The van der Waals surface area contributed by atoms with E-state index in [0.29, 0.717) is 17.9 Å². The predicted octanol–water partition coefficient (Wildman–Crippen LogP) is 3.40. The standard InChI is InChI=1S/C14H19F3O3/c1-3-20-13-5-4-10(2)8-11(13)12(18)6-7-19-9-14(15,16)17/h4-5,8,12,18H,3,6-7,9H2,1-2H3. The third-order valence-corrected chi connectivity index (χ3v) is 2.63. The summed E-state index contributed by atoms with van der Waals surface area (Å²) in [5.41, 5.74) is 1.51. The van der Waals surface area contributed by atoms with Crippen LogP contribution in [0.1, 0.15) is 30.6 Å². The molecule has 0 amide bonds. The van der Waals surface area contributed by atoms with Crippen LogP contribution in [0.3, 0.4) is 0 Å². The molecule has 0 aliphatic carbocycles. The van der Waals surface area contributed by atoms with Crippen LogP contribution in [0.15, 0.2) is 18.2 Å². The van der Waals surface area contributed by atoms with Gasteiger partial charge in [-0.3, -0.25) is 0 Å². The van der Waals surface area contributed by atoms with E-state index >= 15 is 0 Å². The molecular weight excluding hydrogens is 273 g/mol. The zero-order valence-corrected chi connectivity index (χ0v) is 11.5. The summed E-state index contributed by atoms with van der Waals surface area (Å²) >= 11 is 0. The molecule has 6 heteroatoms. The van der Waals surface area contributed by atoms with E-state index in [1.165, 1.54) is 0 Å². The van der Waals surface area contributed by atoms with E-state index in [0.717, 1.165) is 5.56 Å². The highest BCUT2D eigenvalue weighted by molar-refractivity contribution is 5.38. The highest BCUT2D eigenvalue weighted by Crippen LogP contribution is 2.28. The second-order valence-electron chi connectivity index (χ2n) is 4.45. The Hall–Kier alpha value is -1.27. The first kappa shape index (κ1) is 16.8. The van der Waals surface area contributed by atoms with E-state index in [1.807, 2.05) is 19.9 Å². The Labute approximate surface area is 116 Å². The summed E-state index contributed by atoms with van der Waals surface area (Å²) in [6.45, 7) is 2.67. The number of halogens is 3. The van der Waals surface area contributed by atoms with E-state index in [-0.39, 0.29) is 13.0 Å². The second kappa shape index (κ2) is 7.50. The topological polar surface area (TPSA) is 38.7 Å². The Bertz CT molecular complexity index is 419. The van der Waals surface area contributed by atoms with Crippen LogP contribution in [0.5, 0.6) is 5.75 Å². The van der Waals surface area contributed by atoms with Gasteiger partial charge in [0.2, 0.25) is 0 Å². The Balaban J connectivity index is 2.58. The Morgan fingerprint density at radius 2 is 2.00 bits per heavy atom. The molecule has 0 heterocycles. The lowest BCUT2D eigenvalue weighted by atomic mass is 10.0. The minimum Gasteiger partial charge on any atom is -0.493 e. The molecule has 1 aromatic rings. The number of rotatable bonds is 7. The molecule has 1 atom stereocenters. The van der Waals surface area contributed by atoms with Gasteiger partial charge in [0.05, 0.1) is 12.7 Å². The van der Waals surface area contributed by atoms with Gasteiger partial charge in [0.15, 0.2) is 0 Å². The van der Waals surface area contributed by atoms with Crippen LogP contribution in [0.4, 0.5) is 13.2 Å². The lowest BCUT2D eigenvalue weighted by molar-refractivity contribution is -0.175. The number of alkyl halides is 3. The second-order valence-corrected chi connectivity index (χ2v) is 4.45. The molecule has 0 saturated heterocycles. The van der Waals surface area contributed by atoms with Crippen molar-refractivity contribution in [1.82, 2.24) is 0 Å². The minimum atomic E-state index is -4.34. The molecule has 0 aliphatic heterocycles. The van der Waals surface area contributed by atoms with Crippen molar-refractivity contribution in [3.05, 3.63) is 29.3 Å². The molecule has 1 aromatic carbocycles. The van der Waals surface area contributed by atoms with Crippen LogP contribution in [-0.2, 0) is 4.74 Å². The lowest BCUT2D eigenvalue weighted by Crippen LogP contribution is -2.18. The Morgan fingerprint density at radius 3 is 2.60 bits per heavy atom. The first-order valence-electron chi connectivity index (χ1n) is 6.39. The fraction of sp³-hybridized carbons (Fsp3) is 0.571. The molecule has 0 aromatic heterocycles. The normalized spacial score (nSPS) is 13.3. The van der Waals surface area contributed by atoms with Crippen LogP contribution in [-0.4, -0.2) is 31.1 Å². The van der Waals surface area contributed by atoms with Crippen LogP contribution in [0.25, 0.3) is 0 Å². The third kappa shape index (κ3) is 5.79. The van der Waals surface area contributed by atoms with E-state index in [2.05, 4.69) is 4.74 Å². The van der Waals surface area contributed by atoms with Gasteiger partial charge in [0, 0.05) is 18.6 Å². The molecule has 1 rings (SSSR count). The quantitative estimate of drug-likeness (QED) is 0.783. The smallest absolute Gasteiger partial charge is 0.411 e. The van der Waals surface area contributed by atoms with Crippen molar-refractivity contribution in [1.29, 1.82) is 0 Å². The molecule has 0 radical (unpaired) electrons. The van der Waals surface area contributed by atoms with Crippen molar-refractivity contribution in [3.8, 4) is 5.75 Å². The van der Waals surface area contributed by atoms with Gasteiger partial charge in [-0.25, -0.2) is 0 Å². The maximum Gasteiger partial charge on any atom is 0.411 e. The highest BCUT2D eigenvalue weighted by Gasteiger charge is 2.27. The van der Waals surface area contributed by atoms with Crippen LogP contribution in [0.2, 0.25) is 0 Å². The van der Waals surface area contributed by atoms with E-state index in [4.69, 9.17) is 4.74 Å². The van der Waals surface area contributed by atoms with Gasteiger partial charge in [0.1, 0.15) is 12.4 Å². The first-order chi connectivity index (χ1) is 9.33. The molecule has 0 bridgehead atoms. The number of aliphatic hydroxyl groups excluding tert-OH is 1. The summed E-state index contributed by atoms with van der Waals surface area (Å²) in [6, 6.07) is 5.36. The average molecular weight is 292 g/mol. The molecule has 3 nitrogen and oxygen atoms in total. The minimum absolute atomic E-state index is 0.0829. The number of ether oxygens (including phenoxy) is 2. The summed E-state index contributed by atoms with van der Waals surface area (Å²) in [6.07, 6.45) is -5.17. The van der Waals surface area contributed by atoms with Gasteiger partial charge in [0.25, 0.3) is 0 Å². The van der Waals surface area contributed by atoms with Gasteiger partial charge in [-0.1, -0.05) is 11.6 Å². The summed E-state index contributed by atoms with van der Waals surface area (Å²) in [4.78, 5) is 0. The van der Waals surface area contributed by atoms with Crippen molar-refractivity contribution in [2.24, 2.45) is 0 Å². The molecule has 114 valence electrons. The fourth-order valence-electron chi connectivity index (χ4n) is 1.75. The number of benzene rings is 1. The molecule has 0 aliphatic rings. The largest absolute Gasteiger partial charge is 0.493 e. The highest BCUT2D eigenvalue weighted by atomic mass is 19.4. The maximum absolute atomic E-state index is 11.9. The van der Waals surface area contributed by atoms with Crippen molar-refractivity contribution in [2.45, 2.75) is 32.5 Å². The number of aryl methyl sites for hydroxylation is 1. The van der Waals surface area contributed by atoms with Gasteiger partial charge < -0.3 is 14.6 Å². The summed E-state index contributed by atoms with van der Waals surface area (Å²) in [5, 5.41) is 10.0. The van der Waals surface area contributed by atoms with Crippen LogP contribution < -0.4 is 4.74 Å². The molecule has 1 unspecified atom stereocenters. The molecule has 0 spiro atoms.